The fourth-order valence-electron chi connectivity index (χ4n) is 0.0381. The highest BCUT2D eigenvalue weighted by atomic mass is 33.1. The summed E-state index contributed by atoms with van der Waals surface area (Å²) in [5, 5.41) is 0. The van der Waals surface area contributed by atoms with E-state index in [2.05, 4.69) is 0 Å². The topological polar surface area (TPSA) is 37.3 Å². The molecule has 0 amide bonds. The van der Waals surface area contributed by atoms with Crippen molar-refractivity contribution in [2.24, 2.45) is 0 Å². The quantitative estimate of drug-likeness (QED) is 0.443. The third-order valence-electron chi connectivity index (χ3n) is 0.145. The normalized spacial score (nSPS) is 14.3. The van der Waals surface area contributed by atoms with Gasteiger partial charge >= 0.3 is 0 Å². The first kappa shape index (κ1) is 6.39. The summed E-state index contributed by atoms with van der Waals surface area (Å²) in [6.45, 7) is 0. The Morgan fingerprint density at radius 3 is 2.50 bits per heavy atom. The summed E-state index contributed by atoms with van der Waals surface area (Å²) in [6, 6.07) is -0.802. The molecule has 0 saturated carbocycles. The molecule has 0 aliphatic carbocycles. The molecule has 2 nitrogen and oxygen atoms in total. The Balaban J connectivity index is 2.83. The minimum atomic E-state index is -2.02. The van der Waals surface area contributed by atoms with Crippen LogP contribution in [-0.2, 0) is 10.1 Å². The van der Waals surface area contributed by atoms with Crippen LogP contribution in [0.4, 0.5) is 4.39 Å². The molecular weight excluding hydrogens is 127 g/mol. The molecule has 0 heterocycles. The van der Waals surface area contributed by atoms with E-state index in [-0.39, 0.29) is 0 Å². The summed E-state index contributed by atoms with van der Waals surface area (Å²) in [5.74, 6) is 0. The molecule has 5 heteroatoms. The van der Waals surface area contributed by atoms with Crippen molar-refractivity contribution in [3.05, 3.63) is 0 Å². The summed E-state index contributed by atoms with van der Waals surface area (Å²) >= 11 is 0. The monoisotopic (exact) mass is 130 g/mol. The van der Waals surface area contributed by atoms with Gasteiger partial charge in [0.1, 0.15) is 6.01 Å². The molecule has 0 saturated heterocycles. The van der Waals surface area contributed by atoms with Crippen LogP contribution in [0, 0.1) is 0 Å². The van der Waals surface area contributed by atoms with Gasteiger partial charge in [-0.25, -0.2) is 8.60 Å². The van der Waals surface area contributed by atoms with Gasteiger partial charge in [0.05, 0.1) is 0 Å². The molecule has 6 heavy (non-hydrogen) atoms. The van der Waals surface area contributed by atoms with Gasteiger partial charge in [-0.3, -0.25) is 4.55 Å². The maximum Gasteiger partial charge on any atom is 0.218 e. The van der Waals surface area contributed by atoms with Crippen molar-refractivity contribution in [2.45, 2.75) is 0 Å². The van der Waals surface area contributed by atoms with E-state index in [0.29, 0.717) is 10.8 Å². The van der Waals surface area contributed by atoms with Gasteiger partial charge < -0.3 is 0 Å². The van der Waals surface area contributed by atoms with Crippen molar-refractivity contribution in [1.29, 1.82) is 0 Å². The highest BCUT2D eigenvalue weighted by Crippen LogP contribution is 2.01. The summed E-state index contributed by atoms with van der Waals surface area (Å²) in [4.78, 5) is 0. The highest BCUT2D eigenvalue weighted by Gasteiger charge is 1.87. The molecule has 0 aliphatic rings. The molecule has 0 rings (SSSR count). The summed E-state index contributed by atoms with van der Waals surface area (Å²) < 4.78 is 28.0. The van der Waals surface area contributed by atoms with Crippen LogP contribution >= 0.6 is 10.8 Å². The van der Waals surface area contributed by atoms with Crippen molar-refractivity contribution < 1.29 is 13.2 Å². The number of hydrogen-bond acceptors (Lipinski definition) is 2. The minimum Gasteiger partial charge on any atom is -0.297 e. The van der Waals surface area contributed by atoms with Gasteiger partial charge in [-0.1, -0.05) is 0 Å². The number of rotatable bonds is 2. The molecule has 0 bridgehead atoms. The van der Waals surface area contributed by atoms with Gasteiger partial charge in [0.15, 0.2) is 0 Å². The molecule has 0 fully saturated rings. The predicted octanol–water partition coefficient (Wildman–Crippen LogP) is 0.783. The lowest BCUT2D eigenvalue weighted by Crippen LogP contribution is -1.74. The molecule has 1 unspecified atom stereocenters. The van der Waals surface area contributed by atoms with Gasteiger partial charge in [-0.15, -0.1) is 0 Å². The Morgan fingerprint density at radius 2 is 2.50 bits per heavy atom. The van der Waals surface area contributed by atoms with Gasteiger partial charge in [0.2, 0.25) is 10.1 Å². The third-order valence-corrected chi connectivity index (χ3v) is 1.31. The third kappa shape index (κ3) is 4.39. The molecule has 0 aliphatic heterocycles. The van der Waals surface area contributed by atoms with Crippen LogP contribution in [0.15, 0.2) is 0 Å². The predicted molar refractivity (Wildman–Crippen MR) is 24.3 cm³/mol. The second-order valence-electron chi connectivity index (χ2n) is 0.444. The molecule has 1 atom stereocenters. The fraction of sp³-hybridized carbons (Fsp3) is 1.00. The van der Waals surface area contributed by atoms with Crippen LogP contribution in [0.3, 0.4) is 0 Å². The lowest BCUT2D eigenvalue weighted by Gasteiger charge is -1.78. The van der Waals surface area contributed by atoms with Gasteiger partial charge in [-0.2, -0.15) is 0 Å². The van der Waals surface area contributed by atoms with E-state index < -0.39 is 16.1 Å². The number of hydrogen-bond donors (Lipinski definition) is 1. The van der Waals surface area contributed by atoms with Crippen LogP contribution in [-0.4, -0.2) is 14.8 Å². The zero-order valence-corrected chi connectivity index (χ0v) is 4.39. The lowest BCUT2D eigenvalue weighted by molar-refractivity contribution is 0.577. The maximum atomic E-state index is 10.9. The van der Waals surface area contributed by atoms with Gasteiger partial charge in [-0.05, 0) is 0 Å². The Kier molecular flexibility index (Phi) is 3.81. The summed E-state index contributed by atoms with van der Waals surface area (Å²) in [5.41, 5.74) is 0. The zero-order chi connectivity index (χ0) is 4.99. The first-order valence-electron chi connectivity index (χ1n) is 1.07. The van der Waals surface area contributed by atoms with Crippen molar-refractivity contribution in [3.63, 3.8) is 0 Å². The van der Waals surface area contributed by atoms with E-state index in [1.165, 1.54) is 0 Å². The molecule has 0 aromatic rings. The highest BCUT2D eigenvalue weighted by molar-refractivity contribution is 8.67. The Morgan fingerprint density at radius 1 is 2.00 bits per heavy atom. The molecule has 1 N–H and O–H groups in total. The van der Waals surface area contributed by atoms with Gasteiger partial charge in [0, 0.05) is 10.8 Å². The molecule has 0 aromatic carbocycles. The van der Waals surface area contributed by atoms with Crippen LogP contribution in [0.25, 0.3) is 0 Å². The Labute approximate surface area is 40.8 Å². The van der Waals surface area contributed by atoms with E-state index in [1.807, 2.05) is 0 Å². The van der Waals surface area contributed by atoms with E-state index in [1.54, 1.807) is 0 Å². The van der Waals surface area contributed by atoms with Crippen molar-refractivity contribution in [1.82, 2.24) is 0 Å². The van der Waals surface area contributed by atoms with Gasteiger partial charge in [0.25, 0.3) is 0 Å². The summed E-state index contributed by atoms with van der Waals surface area (Å²) in [6.07, 6.45) is 0. The van der Waals surface area contributed by atoms with Crippen LogP contribution in [0.5, 0.6) is 0 Å². The molecular formula is CH3FO2S2. The Bertz CT molecular complexity index is 55.5. The lowest BCUT2D eigenvalue weighted by atomic mass is 11.8. The van der Waals surface area contributed by atoms with E-state index >= 15 is 0 Å². The first-order chi connectivity index (χ1) is 2.77. The average Bonchev–Trinajstić information content (AvgIpc) is 1.35. The minimum absolute atomic E-state index is 0.347. The van der Waals surface area contributed by atoms with E-state index in [0.717, 1.165) is 0 Å². The van der Waals surface area contributed by atoms with Crippen LogP contribution in [0.2, 0.25) is 0 Å². The SMILES string of the molecule is O=S(O)SCF. The molecule has 0 spiro atoms. The average molecular weight is 130 g/mol. The van der Waals surface area contributed by atoms with Crippen LogP contribution in [0.1, 0.15) is 0 Å². The largest absolute Gasteiger partial charge is 0.297 e. The smallest absolute Gasteiger partial charge is 0.218 e. The fourth-order valence-corrected chi connectivity index (χ4v) is 0.343. The Hall–Kier alpha value is 0.390. The van der Waals surface area contributed by atoms with Crippen LogP contribution < -0.4 is 0 Å². The number of halogens is 1. The maximum absolute atomic E-state index is 10.9. The second-order valence-corrected chi connectivity index (χ2v) is 2.89. The standard InChI is InChI=1S/CH3FO2S2/c2-1-5-6(3)4/h1H2,(H,3,4). The molecule has 0 radical (unpaired) electrons. The zero-order valence-electron chi connectivity index (χ0n) is 2.76. The van der Waals surface area contributed by atoms with Crippen molar-refractivity contribution in [3.8, 4) is 0 Å². The molecule has 38 valence electrons. The van der Waals surface area contributed by atoms with Crippen molar-refractivity contribution >= 4 is 20.9 Å². The second kappa shape index (κ2) is 3.58. The first-order valence-corrected chi connectivity index (χ1v) is 3.68. The van der Waals surface area contributed by atoms with E-state index in [9.17, 15) is 8.60 Å². The van der Waals surface area contributed by atoms with E-state index in [4.69, 9.17) is 4.55 Å². The van der Waals surface area contributed by atoms with Crippen molar-refractivity contribution in [2.75, 3.05) is 6.01 Å². The molecule has 0 aromatic heterocycles. The number of alkyl halides is 1. The summed E-state index contributed by atoms with van der Waals surface area (Å²) in [7, 11) is -1.68.